The summed E-state index contributed by atoms with van der Waals surface area (Å²) in [4.78, 5) is 26.5. The molecule has 4 heteroatoms. The van der Waals surface area contributed by atoms with Gasteiger partial charge in [-0.25, -0.2) is 4.79 Å². The maximum atomic E-state index is 11.3. The predicted octanol–water partition coefficient (Wildman–Crippen LogP) is 1.09. The highest BCUT2D eigenvalue weighted by atomic mass is 16.7. The van der Waals surface area contributed by atoms with Gasteiger partial charge in [-0.2, -0.15) is 5.90 Å². The van der Waals surface area contributed by atoms with Gasteiger partial charge in [0.2, 0.25) is 0 Å². The molecule has 0 aromatic heterocycles. The average molecular weight is 191 g/mol. The minimum absolute atomic E-state index is 0.139. The topological polar surface area (TPSA) is 69.4 Å². The molecule has 0 aliphatic rings. The van der Waals surface area contributed by atoms with Gasteiger partial charge in [0.25, 0.3) is 0 Å². The molecule has 0 atom stereocenters. The Morgan fingerprint density at radius 1 is 1.29 bits per heavy atom. The Morgan fingerprint density at radius 2 is 1.86 bits per heavy atom. The molecule has 0 fully saturated rings. The zero-order chi connectivity index (χ0) is 10.6. The van der Waals surface area contributed by atoms with Gasteiger partial charge in [-0.3, -0.25) is 4.79 Å². The zero-order valence-corrected chi connectivity index (χ0v) is 7.40. The number of hydrogen-bond acceptors (Lipinski definition) is 4. The summed E-state index contributed by atoms with van der Waals surface area (Å²) in [5, 5.41) is 0. The Morgan fingerprint density at radius 3 is 2.36 bits per heavy atom. The molecular weight excluding hydrogens is 182 g/mol. The van der Waals surface area contributed by atoms with E-state index >= 15 is 0 Å². The summed E-state index contributed by atoms with van der Waals surface area (Å²) in [5.41, 5.74) is 0.373. The largest absolute Gasteiger partial charge is 0.370 e. The molecule has 0 spiro atoms. The SMILES string of the molecule is C=CC(=O)c1ccccc1C(=O)ON. The van der Waals surface area contributed by atoms with Gasteiger partial charge in [-0.05, 0) is 12.1 Å². The van der Waals surface area contributed by atoms with E-state index in [0.29, 0.717) is 0 Å². The minimum atomic E-state index is -0.740. The van der Waals surface area contributed by atoms with Gasteiger partial charge in [-0.15, -0.1) is 0 Å². The first-order chi connectivity index (χ1) is 6.70. The molecule has 72 valence electrons. The first kappa shape index (κ1) is 10.1. The summed E-state index contributed by atoms with van der Waals surface area (Å²) >= 11 is 0. The van der Waals surface area contributed by atoms with Crippen LogP contribution in [0.1, 0.15) is 20.7 Å². The molecular formula is C10H9NO3. The summed E-state index contributed by atoms with van der Waals surface area (Å²) in [6.45, 7) is 3.33. The van der Waals surface area contributed by atoms with E-state index in [1.165, 1.54) is 12.1 Å². The van der Waals surface area contributed by atoms with E-state index in [1.807, 2.05) is 0 Å². The summed E-state index contributed by atoms with van der Waals surface area (Å²) in [6.07, 6.45) is 1.13. The Bertz CT molecular complexity index is 385. The van der Waals surface area contributed by atoms with Crippen molar-refractivity contribution < 1.29 is 14.4 Å². The van der Waals surface area contributed by atoms with Crippen molar-refractivity contribution in [2.75, 3.05) is 0 Å². The quantitative estimate of drug-likeness (QED) is 0.441. The molecule has 1 aromatic carbocycles. The lowest BCUT2D eigenvalue weighted by Crippen LogP contribution is -2.14. The monoisotopic (exact) mass is 191 g/mol. The lowest BCUT2D eigenvalue weighted by atomic mass is 10.0. The van der Waals surface area contributed by atoms with Crippen molar-refractivity contribution in [2.45, 2.75) is 0 Å². The van der Waals surface area contributed by atoms with E-state index in [4.69, 9.17) is 5.90 Å². The van der Waals surface area contributed by atoms with Crippen molar-refractivity contribution in [1.82, 2.24) is 0 Å². The van der Waals surface area contributed by atoms with Crippen molar-refractivity contribution in [2.24, 2.45) is 5.90 Å². The third-order valence-corrected chi connectivity index (χ3v) is 1.70. The average Bonchev–Trinajstić information content (AvgIpc) is 2.27. The van der Waals surface area contributed by atoms with Crippen LogP contribution in [0.2, 0.25) is 0 Å². The van der Waals surface area contributed by atoms with Crippen molar-refractivity contribution in [1.29, 1.82) is 0 Å². The van der Waals surface area contributed by atoms with Gasteiger partial charge < -0.3 is 4.84 Å². The third-order valence-electron chi connectivity index (χ3n) is 1.70. The van der Waals surface area contributed by atoms with Crippen molar-refractivity contribution >= 4 is 11.8 Å². The van der Waals surface area contributed by atoms with Gasteiger partial charge in [-0.1, -0.05) is 24.8 Å². The number of carbonyl (C=O) groups is 2. The number of hydrogen-bond donors (Lipinski definition) is 1. The van der Waals surface area contributed by atoms with E-state index in [2.05, 4.69) is 11.4 Å². The van der Waals surface area contributed by atoms with Crippen LogP contribution in [-0.4, -0.2) is 11.8 Å². The number of benzene rings is 1. The van der Waals surface area contributed by atoms with E-state index in [-0.39, 0.29) is 16.9 Å². The smallest absolute Gasteiger partial charge is 0.357 e. The van der Waals surface area contributed by atoms with E-state index in [0.717, 1.165) is 6.08 Å². The van der Waals surface area contributed by atoms with Crippen LogP contribution < -0.4 is 5.90 Å². The lowest BCUT2D eigenvalue weighted by molar-refractivity contribution is 0.0501. The summed E-state index contributed by atoms with van der Waals surface area (Å²) in [7, 11) is 0. The molecule has 0 bridgehead atoms. The van der Waals surface area contributed by atoms with E-state index in [1.54, 1.807) is 12.1 Å². The highest BCUT2D eigenvalue weighted by molar-refractivity contribution is 6.11. The van der Waals surface area contributed by atoms with Gasteiger partial charge in [0.15, 0.2) is 5.78 Å². The molecule has 0 aliphatic heterocycles. The normalized spacial score (nSPS) is 9.21. The number of nitrogens with two attached hydrogens (primary N) is 1. The fourth-order valence-corrected chi connectivity index (χ4v) is 1.05. The van der Waals surface area contributed by atoms with Crippen LogP contribution in [0.3, 0.4) is 0 Å². The van der Waals surface area contributed by atoms with Crippen molar-refractivity contribution in [3.05, 3.63) is 48.0 Å². The van der Waals surface area contributed by atoms with Crippen LogP contribution in [0.4, 0.5) is 0 Å². The van der Waals surface area contributed by atoms with Crippen LogP contribution >= 0.6 is 0 Å². The van der Waals surface area contributed by atoms with Crippen LogP contribution in [0, 0.1) is 0 Å². The molecule has 0 aliphatic carbocycles. The molecule has 14 heavy (non-hydrogen) atoms. The molecule has 2 N–H and O–H groups in total. The fourth-order valence-electron chi connectivity index (χ4n) is 1.05. The molecule has 0 unspecified atom stereocenters. The van der Waals surface area contributed by atoms with Crippen LogP contribution in [0.5, 0.6) is 0 Å². The number of rotatable bonds is 3. The lowest BCUT2D eigenvalue weighted by Gasteiger charge is -2.02. The van der Waals surface area contributed by atoms with Crippen molar-refractivity contribution in [3.8, 4) is 0 Å². The Kier molecular flexibility index (Phi) is 3.14. The van der Waals surface area contributed by atoms with Crippen LogP contribution in [-0.2, 0) is 4.84 Å². The molecule has 0 saturated carbocycles. The Balaban J connectivity index is 3.22. The minimum Gasteiger partial charge on any atom is -0.370 e. The second-order valence-corrected chi connectivity index (χ2v) is 2.52. The first-order valence-electron chi connectivity index (χ1n) is 3.87. The standard InChI is InChI=1S/C10H9NO3/c1-2-9(12)7-5-3-4-6-8(7)10(13)14-11/h2-6H,1,11H2. The zero-order valence-electron chi connectivity index (χ0n) is 7.40. The van der Waals surface area contributed by atoms with Gasteiger partial charge in [0.05, 0.1) is 5.56 Å². The van der Waals surface area contributed by atoms with Gasteiger partial charge >= 0.3 is 5.97 Å². The highest BCUT2D eigenvalue weighted by Crippen LogP contribution is 2.10. The summed E-state index contributed by atoms with van der Waals surface area (Å²) < 4.78 is 0. The second kappa shape index (κ2) is 4.34. The maximum Gasteiger partial charge on any atom is 0.357 e. The molecule has 0 heterocycles. The third kappa shape index (κ3) is 1.86. The van der Waals surface area contributed by atoms with Crippen LogP contribution in [0.15, 0.2) is 36.9 Å². The van der Waals surface area contributed by atoms with Crippen LogP contribution in [0.25, 0.3) is 0 Å². The Labute approximate surface area is 80.9 Å². The highest BCUT2D eigenvalue weighted by Gasteiger charge is 2.14. The summed E-state index contributed by atoms with van der Waals surface area (Å²) in [5.74, 6) is 3.65. The number of carbonyl (C=O) groups excluding carboxylic acids is 2. The first-order valence-corrected chi connectivity index (χ1v) is 3.87. The molecule has 0 radical (unpaired) electrons. The molecule has 1 aromatic rings. The molecule has 0 amide bonds. The molecule has 4 nitrogen and oxygen atoms in total. The Hall–Kier alpha value is -1.94. The van der Waals surface area contributed by atoms with Gasteiger partial charge in [0, 0.05) is 5.56 Å². The number of ketones is 1. The van der Waals surface area contributed by atoms with E-state index in [9.17, 15) is 9.59 Å². The molecule has 1 rings (SSSR count). The van der Waals surface area contributed by atoms with Crippen molar-refractivity contribution in [3.63, 3.8) is 0 Å². The maximum absolute atomic E-state index is 11.3. The second-order valence-electron chi connectivity index (χ2n) is 2.52. The summed E-state index contributed by atoms with van der Waals surface area (Å²) in [6, 6.07) is 6.23. The fraction of sp³-hybridized carbons (Fsp3) is 0. The molecule has 0 saturated heterocycles. The number of allylic oxidation sites excluding steroid dienone is 1. The van der Waals surface area contributed by atoms with E-state index < -0.39 is 5.97 Å². The predicted molar refractivity (Wildman–Crippen MR) is 50.6 cm³/mol. The van der Waals surface area contributed by atoms with Gasteiger partial charge in [0.1, 0.15) is 0 Å².